The van der Waals surface area contributed by atoms with Crippen molar-refractivity contribution in [1.82, 2.24) is 0 Å². The summed E-state index contributed by atoms with van der Waals surface area (Å²) < 4.78 is 4.72. The maximum Gasteiger partial charge on any atom is 0.181 e. The quantitative estimate of drug-likeness (QED) is 0.684. The highest BCUT2D eigenvalue weighted by molar-refractivity contribution is 6.80. The van der Waals surface area contributed by atoms with Gasteiger partial charge in [-0.1, -0.05) is 20.8 Å². The third kappa shape index (κ3) is 2.65. The first-order valence-corrected chi connectivity index (χ1v) is 8.89. The van der Waals surface area contributed by atoms with Crippen LogP contribution in [0, 0.1) is 34.0 Å². The van der Waals surface area contributed by atoms with Crippen LogP contribution < -0.4 is 0 Å². The molecule has 19 heavy (non-hydrogen) atoms. The molecule has 5 heteroatoms. The third-order valence-electron chi connectivity index (χ3n) is 3.63. The van der Waals surface area contributed by atoms with Crippen LogP contribution in [0.2, 0.25) is 18.1 Å². The fourth-order valence-electron chi connectivity index (χ4n) is 1.40. The van der Waals surface area contributed by atoms with Crippen molar-refractivity contribution >= 4 is 13.9 Å². The molecule has 0 atom stereocenters. The monoisotopic (exact) mass is 268 g/mol. The van der Waals surface area contributed by atoms with Crippen molar-refractivity contribution in [2.24, 2.45) is 4.66 Å². The van der Waals surface area contributed by atoms with E-state index in [-0.39, 0.29) is 16.2 Å². The van der Waals surface area contributed by atoms with Crippen LogP contribution in [0.4, 0.5) is 0 Å². The van der Waals surface area contributed by atoms with Gasteiger partial charge in [-0.15, -0.1) is 0 Å². The van der Waals surface area contributed by atoms with Gasteiger partial charge < -0.3 is 4.66 Å². The van der Waals surface area contributed by atoms with E-state index >= 15 is 0 Å². The minimum absolute atomic E-state index is 0.0104. The predicted molar refractivity (Wildman–Crippen MR) is 76.6 cm³/mol. The summed E-state index contributed by atoms with van der Waals surface area (Å²) in [5, 5.41) is 27.3. The van der Waals surface area contributed by atoms with E-state index in [0.29, 0.717) is 11.3 Å². The van der Waals surface area contributed by atoms with E-state index in [2.05, 4.69) is 33.9 Å². The number of allylic oxidation sites excluding steroid dienone is 4. The van der Waals surface area contributed by atoms with Gasteiger partial charge in [0.1, 0.15) is 18.2 Å². The van der Waals surface area contributed by atoms with E-state index in [1.54, 1.807) is 0 Å². The predicted octanol–water partition coefficient (Wildman–Crippen LogP) is 3.24. The molecule has 0 radical (unpaired) electrons. The SMILES string of the molecule is CC(C)(C)[Si](C)(C)/N=C1\C(C#N)=CC(C#N)=C1C#N. The molecule has 0 amide bonds. The fraction of sp³-hybridized carbons (Fsp3) is 0.429. The number of rotatable bonds is 1. The van der Waals surface area contributed by atoms with Gasteiger partial charge in [0.15, 0.2) is 8.24 Å². The van der Waals surface area contributed by atoms with Gasteiger partial charge in [-0.3, -0.25) is 0 Å². The normalized spacial score (nSPS) is 17.8. The zero-order chi connectivity index (χ0) is 14.8. The molecule has 0 saturated carbocycles. The molecule has 0 unspecified atom stereocenters. The van der Waals surface area contributed by atoms with Crippen molar-refractivity contribution < 1.29 is 0 Å². The summed E-state index contributed by atoms with van der Waals surface area (Å²) in [5.74, 6) is 0. The van der Waals surface area contributed by atoms with Gasteiger partial charge in [-0.2, -0.15) is 15.8 Å². The minimum Gasteiger partial charge on any atom is -0.319 e. The van der Waals surface area contributed by atoms with E-state index in [0.717, 1.165) is 0 Å². The number of nitriles is 3. The highest BCUT2D eigenvalue weighted by Crippen LogP contribution is 2.38. The van der Waals surface area contributed by atoms with Crippen molar-refractivity contribution in [3.63, 3.8) is 0 Å². The summed E-state index contributed by atoms with van der Waals surface area (Å²) in [6, 6.07) is 5.97. The van der Waals surface area contributed by atoms with Crippen LogP contribution in [-0.2, 0) is 0 Å². The summed E-state index contributed by atoms with van der Waals surface area (Å²) in [7, 11) is -2.03. The Balaban J connectivity index is 3.47. The first kappa shape index (κ1) is 14.9. The summed E-state index contributed by atoms with van der Waals surface area (Å²) in [6.45, 7) is 10.5. The summed E-state index contributed by atoms with van der Waals surface area (Å²) in [6.07, 6.45) is 1.45. The molecule has 1 aliphatic rings. The Morgan fingerprint density at radius 1 is 1.05 bits per heavy atom. The number of nitrogens with zero attached hydrogens (tertiary/aromatic N) is 4. The van der Waals surface area contributed by atoms with Crippen LogP contribution in [-0.4, -0.2) is 13.9 Å². The van der Waals surface area contributed by atoms with Crippen molar-refractivity contribution in [3.8, 4) is 18.2 Å². The molecule has 0 aromatic carbocycles. The van der Waals surface area contributed by atoms with Crippen LogP contribution in [0.5, 0.6) is 0 Å². The van der Waals surface area contributed by atoms with Crippen molar-refractivity contribution in [1.29, 1.82) is 15.8 Å². The number of hydrogen-bond acceptors (Lipinski definition) is 4. The lowest BCUT2D eigenvalue weighted by Gasteiger charge is -2.33. The van der Waals surface area contributed by atoms with Gasteiger partial charge >= 0.3 is 0 Å². The molecule has 0 aliphatic heterocycles. The zero-order valence-electron chi connectivity index (χ0n) is 11.9. The minimum atomic E-state index is -2.03. The summed E-state index contributed by atoms with van der Waals surface area (Å²) in [4.78, 5) is 0. The average Bonchev–Trinajstić information content (AvgIpc) is 2.64. The molecule has 1 rings (SSSR count). The van der Waals surface area contributed by atoms with E-state index in [1.165, 1.54) is 6.08 Å². The Hall–Kier alpha value is -2.16. The molecule has 0 N–H and O–H groups in total. The van der Waals surface area contributed by atoms with Crippen LogP contribution in [0.25, 0.3) is 0 Å². The van der Waals surface area contributed by atoms with E-state index < -0.39 is 8.24 Å². The smallest absolute Gasteiger partial charge is 0.181 e. The van der Waals surface area contributed by atoms with E-state index in [1.807, 2.05) is 18.2 Å². The highest BCUT2D eigenvalue weighted by Gasteiger charge is 2.37. The Bertz CT molecular complexity index is 622. The fourth-order valence-corrected chi connectivity index (χ4v) is 2.52. The van der Waals surface area contributed by atoms with E-state index in [4.69, 9.17) is 15.2 Å². The van der Waals surface area contributed by atoms with Gasteiger partial charge in [0.25, 0.3) is 0 Å². The van der Waals surface area contributed by atoms with Gasteiger partial charge in [-0.05, 0) is 24.2 Å². The van der Waals surface area contributed by atoms with Gasteiger partial charge in [-0.25, -0.2) is 0 Å². The molecule has 96 valence electrons. The summed E-state index contributed by atoms with van der Waals surface area (Å²) in [5.41, 5.74) is 1.17. The topological polar surface area (TPSA) is 83.7 Å². The Morgan fingerprint density at radius 3 is 2.00 bits per heavy atom. The average molecular weight is 268 g/mol. The molecule has 0 aromatic rings. The van der Waals surface area contributed by atoms with Crippen molar-refractivity contribution in [2.45, 2.75) is 38.9 Å². The molecule has 0 aromatic heterocycles. The maximum atomic E-state index is 9.18. The first-order chi connectivity index (χ1) is 8.67. The van der Waals surface area contributed by atoms with Gasteiger partial charge in [0.2, 0.25) is 0 Å². The molecule has 1 aliphatic carbocycles. The lowest BCUT2D eigenvalue weighted by molar-refractivity contribution is 0.719. The highest BCUT2D eigenvalue weighted by atomic mass is 28.3. The lowest BCUT2D eigenvalue weighted by atomic mass is 10.1. The number of hydrogen-bond donors (Lipinski definition) is 0. The molecule has 0 heterocycles. The molecule has 4 nitrogen and oxygen atoms in total. The molecule has 0 spiro atoms. The Labute approximate surface area is 115 Å². The van der Waals surface area contributed by atoms with Gasteiger partial charge in [0, 0.05) is 0 Å². The summed E-state index contributed by atoms with van der Waals surface area (Å²) >= 11 is 0. The first-order valence-electron chi connectivity index (χ1n) is 5.95. The van der Waals surface area contributed by atoms with Crippen LogP contribution in [0.1, 0.15) is 20.8 Å². The Kier molecular flexibility index (Phi) is 3.80. The third-order valence-corrected chi connectivity index (χ3v) is 8.08. The van der Waals surface area contributed by atoms with Crippen molar-refractivity contribution in [3.05, 3.63) is 22.8 Å². The Morgan fingerprint density at radius 2 is 1.63 bits per heavy atom. The van der Waals surface area contributed by atoms with Crippen LogP contribution in [0.15, 0.2) is 27.5 Å². The molecular weight excluding hydrogens is 252 g/mol. The molecule has 0 fully saturated rings. The second kappa shape index (κ2) is 4.84. The second-order valence-electron chi connectivity index (χ2n) is 5.95. The van der Waals surface area contributed by atoms with E-state index in [9.17, 15) is 5.26 Å². The second-order valence-corrected chi connectivity index (χ2v) is 10.8. The standard InChI is InChI=1S/C14H16N4Si/c1-14(2,3)19(4,5)18-13-11(8-16)6-10(7-15)12(13)9-17/h6H,1-5H3/b18-13+. The maximum absolute atomic E-state index is 9.18. The zero-order valence-corrected chi connectivity index (χ0v) is 12.9. The van der Waals surface area contributed by atoms with Crippen LogP contribution in [0.3, 0.4) is 0 Å². The molecule has 0 saturated heterocycles. The van der Waals surface area contributed by atoms with Crippen molar-refractivity contribution in [2.75, 3.05) is 0 Å². The van der Waals surface area contributed by atoms with Crippen LogP contribution >= 0.6 is 0 Å². The van der Waals surface area contributed by atoms with Gasteiger partial charge in [0.05, 0.1) is 22.4 Å². The largest absolute Gasteiger partial charge is 0.319 e. The molecule has 0 bridgehead atoms. The molecular formula is C14H16N4Si. The lowest BCUT2D eigenvalue weighted by Crippen LogP contribution is -2.36.